The first-order valence-electron chi connectivity index (χ1n) is 5.49. The highest BCUT2D eigenvalue weighted by molar-refractivity contribution is 6.17. The van der Waals surface area contributed by atoms with Crippen molar-refractivity contribution in [3.05, 3.63) is 53.6 Å². The maximum atomic E-state index is 11.3. The van der Waals surface area contributed by atoms with E-state index < -0.39 is 11.9 Å². The Labute approximate surface area is 105 Å². The summed E-state index contributed by atoms with van der Waals surface area (Å²) < 4.78 is 0. The molecular formula is C14H14O4. The molecule has 0 unspecified atom stereocenters. The summed E-state index contributed by atoms with van der Waals surface area (Å²) in [5.74, 6) is -2.16. The van der Waals surface area contributed by atoms with Crippen molar-refractivity contribution in [3.63, 3.8) is 0 Å². The Morgan fingerprint density at radius 1 is 1.11 bits per heavy atom. The van der Waals surface area contributed by atoms with Crippen LogP contribution in [0.15, 0.2) is 48.1 Å². The highest BCUT2D eigenvalue weighted by atomic mass is 16.4. The van der Waals surface area contributed by atoms with Gasteiger partial charge in [-0.05, 0) is 17.6 Å². The average Bonchev–Trinajstić information content (AvgIpc) is 2.34. The molecule has 94 valence electrons. The van der Waals surface area contributed by atoms with Gasteiger partial charge in [-0.2, -0.15) is 0 Å². The van der Waals surface area contributed by atoms with Crippen LogP contribution >= 0.6 is 0 Å². The number of allylic oxidation sites excluding steroid dienone is 2. The van der Waals surface area contributed by atoms with Crippen molar-refractivity contribution in [3.8, 4) is 0 Å². The van der Waals surface area contributed by atoms with E-state index in [0.29, 0.717) is 17.6 Å². The number of aliphatic carboxylic acids is 2. The van der Waals surface area contributed by atoms with Crippen LogP contribution in [0.5, 0.6) is 0 Å². The Balaban J connectivity index is 3.32. The highest BCUT2D eigenvalue weighted by Crippen LogP contribution is 2.22. The second-order valence-corrected chi connectivity index (χ2v) is 3.60. The van der Waals surface area contributed by atoms with E-state index in [-0.39, 0.29) is 5.57 Å². The number of carboxylic acids is 2. The van der Waals surface area contributed by atoms with E-state index in [1.165, 1.54) is 6.08 Å². The second kappa shape index (κ2) is 6.39. The van der Waals surface area contributed by atoms with Crippen molar-refractivity contribution in [2.75, 3.05) is 0 Å². The van der Waals surface area contributed by atoms with E-state index in [9.17, 15) is 14.7 Å². The summed E-state index contributed by atoms with van der Waals surface area (Å²) in [5, 5.41) is 17.8. The van der Waals surface area contributed by atoms with Crippen LogP contribution in [0.1, 0.15) is 18.9 Å². The van der Waals surface area contributed by atoms with Gasteiger partial charge in [-0.25, -0.2) is 9.59 Å². The summed E-state index contributed by atoms with van der Waals surface area (Å²) in [6.45, 7) is 1.79. The number of hydrogen-bond acceptors (Lipinski definition) is 2. The Morgan fingerprint density at radius 2 is 1.72 bits per heavy atom. The van der Waals surface area contributed by atoms with Gasteiger partial charge in [-0.15, -0.1) is 0 Å². The van der Waals surface area contributed by atoms with Crippen molar-refractivity contribution in [1.29, 1.82) is 0 Å². The number of carboxylic acid groups (broad SMARTS) is 2. The molecule has 0 atom stereocenters. The van der Waals surface area contributed by atoms with E-state index >= 15 is 0 Å². The van der Waals surface area contributed by atoms with Gasteiger partial charge in [0.05, 0.1) is 5.57 Å². The number of benzene rings is 1. The lowest BCUT2D eigenvalue weighted by Crippen LogP contribution is -2.03. The molecule has 0 radical (unpaired) electrons. The lowest BCUT2D eigenvalue weighted by Gasteiger charge is -2.07. The minimum atomic E-state index is -1.10. The quantitative estimate of drug-likeness (QED) is 0.618. The largest absolute Gasteiger partial charge is 0.478 e. The molecule has 4 heteroatoms. The molecule has 0 bridgehead atoms. The fraction of sp³-hybridized carbons (Fsp3) is 0.143. The number of rotatable bonds is 5. The van der Waals surface area contributed by atoms with Gasteiger partial charge in [0.15, 0.2) is 0 Å². The third-order valence-electron chi connectivity index (χ3n) is 2.41. The summed E-state index contributed by atoms with van der Waals surface area (Å²) in [6, 6.07) is 8.65. The van der Waals surface area contributed by atoms with Gasteiger partial charge in [0.2, 0.25) is 0 Å². The monoisotopic (exact) mass is 246 g/mol. The van der Waals surface area contributed by atoms with Crippen molar-refractivity contribution in [2.24, 2.45) is 0 Å². The molecule has 0 saturated carbocycles. The van der Waals surface area contributed by atoms with E-state index in [1.54, 1.807) is 37.3 Å². The van der Waals surface area contributed by atoms with E-state index in [0.717, 1.165) is 6.08 Å². The van der Waals surface area contributed by atoms with Gasteiger partial charge in [-0.1, -0.05) is 43.3 Å². The summed E-state index contributed by atoms with van der Waals surface area (Å²) in [4.78, 5) is 21.8. The molecule has 0 aromatic heterocycles. The van der Waals surface area contributed by atoms with Crippen LogP contribution in [-0.4, -0.2) is 22.2 Å². The molecule has 0 amide bonds. The molecule has 0 aliphatic heterocycles. The molecule has 0 aliphatic carbocycles. The molecule has 0 spiro atoms. The van der Waals surface area contributed by atoms with Crippen molar-refractivity contribution in [1.82, 2.24) is 0 Å². The molecule has 0 fully saturated rings. The summed E-state index contributed by atoms with van der Waals surface area (Å²) in [6.07, 6.45) is 2.73. The fourth-order valence-electron chi connectivity index (χ4n) is 1.60. The topological polar surface area (TPSA) is 74.6 Å². The zero-order valence-corrected chi connectivity index (χ0v) is 9.96. The fourth-order valence-corrected chi connectivity index (χ4v) is 1.60. The van der Waals surface area contributed by atoms with Crippen molar-refractivity contribution >= 4 is 17.5 Å². The van der Waals surface area contributed by atoms with Crippen LogP contribution in [0.3, 0.4) is 0 Å². The zero-order valence-electron chi connectivity index (χ0n) is 9.96. The minimum absolute atomic E-state index is 0.135. The smallest absolute Gasteiger partial charge is 0.336 e. The van der Waals surface area contributed by atoms with E-state index in [1.807, 2.05) is 0 Å². The molecular weight excluding hydrogens is 232 g/mol. The average molecular weight is 246 g/mol. The van der Waals surface area contributed by atoms with Crippen LogP contribution in [-0.2, 0) is 9.59 Å². The first-order valence-corrected chi connectivity index (χ1v) is 5.49. The predicted octanol–water partition coefficient (Wildman–Crippen LogP) is 2.58. The van der Waals surface area contributed by atoms with Gasteiger partial charge in [0, 0.05) is 6.08 Å². The van der Waals surface area contributed by atoms with Gasteiger partial charge in [0.1, 0.15) is 0 Å². The molecule has 2 N–H and O–H groups in total. The van der Waals surface area contributed by atoms with Crippen molar-refractivity contribution in [2.45, 2.75) is 13.3 Å². The summed E-state index contributed by atoms with van der Waals surface area (Å²) in [7, 11) is 0. The predicted molar refractivity (Wildman–Crippen MR) is 68.1 cm³/mol. The standard InChI is InChI=1S/C14H14O4/c1-2-10(8-9-12(15)16)13(14(17)18)11-6-4-3-5-7-11/h3-9H,2H2,1H3,(H,15,16)(H,17,18). The summed E-state index contributed by atoms with van der Waals surface area (Å²) >= 11 is 0. The van der Waals surface area contributed by atoms with Crippen LogP contribution in [0.4, 0.5) is 0 Å². The third kappa shape index (κ3) is 3.59. The minimum Gasteiger partial charge on any atom is -0.478 e. The van der Waals surface area contributed by atoms with E-state index in [2.05, 4.69) is 0 Å². The highest BCUT2D eigenvalue weighted by Gasteiger charge is 2.13. The van der Waals surface area contributed by atoms with Gasteiger partial charge >= 0.3 is 11.9 Å². The second-order valence-electron chi connectivity index (χ2n) is 3.60. The van der Waals surface area contributed by atoms with Crippen LogP contribution < -0.4 is 0 Å². The Bertz CT molecular complexity index is 498. The molecule has 18 heavy (non-hydrogen) atoms. The maximum Gasteiger partial charge on any atom is 0.336 e. The molecule has 4 nitrogen and oxygen atoms in total. The maximum absolute atomic E-state index is 11.3. The van der Waals surface area contributed by atoms with Gasteiger partial charge in [0.25, 0.3) is 0 Å². The Kier molecular flexibility index (Phi) is 4.87. The lowest BCUT2D eigenvalue weighted by molar-refractivity contribution is -0.132. The van der Waals surface area contributed by atoms with Crippen LogP contribution in [0, 0.1) is 0 Å². The zero-order chi connectivity index (χ0) is 13.5. The molecule has 0 saturated heterocycles. The Hall–Kier alpha value is -2.36. The normalized spacial score (nSPS) is 12.3. The number of hydrogen-bond donors (Lipinski definition) is 2. The SMILES string of the molecule is CCC(C=CC(=O)O)=C(C(=O)O)c1ccccc1. The molecule has 0 aliphatic rings. The number of carbonyl (C=O) groups is 2. The summed E-state index contributed by atoms with van der Waals surface area (Å²) in [5.41, 5.74) is 1.18. The van der Waals surface area contributed by atoms with Gasteiger partial charge in [-0.3, -0.25) is 0 Å². The lowest BCUT2D eigenvalue weighted by atomic mass is 9.98. The molecule has 1 aromatic rings. The van der Waals surface area contributed by atoms with Gasteiger partial charge < -0.3 is 10.2 Å². The molecule has 1 aromatic carbocycles. The first-order chi connectivity index (χ1) is 8.56. The third-order valence-corrected chi connectivity index (χ3v) is 2.41. The van der Waals surface area contributed by atoms with E-state index in [4.69, 9.17) is 5.11 Å². The molecule has 0 heterocycles. The van der Waals surface area contributed by atoms with Crippen LogP contribution in [0.2, 0.25) is 0 Å². The Morgan fingerprint density at radius 3 is 2.17 bits per heavy atom. The van der Waals surface area contributed by atoms with Crippen LogP contribution in [0.25, 0.3) is 5.57 Å². The van der Waals surface area contributed by atoms with Crippen molar-refractivity contribution < 1.29 is 19.8 Å². The first kappa shape index (κ1) is 13.7. The molecule has 1 rings (SSSR count).